The van der Waals surface area contributed by atoms with Crippen molar-refractivity contribution in [1.82, 2.24) is 20.6 Å². The van der Waals surface area contributed by atoms with E-state index in [1.807, 2.05) is 32.0 Å². The zero-order chi connectivity index (χ0) is 16.8. The van der Waals surface area contributed by atoms with Gasteiger partial charge in [0, 0.05) is 5.69 Å². The van der Waals surface area contributed by atoms with E-state index >= 15 is 0 Å². The van der Waals surface area contributed by atoms with Crippen LogP contribution in [0.1, 0.15) is 17.0 Å². The standard InChI is InChI=1S/C16H20N4O3/c1-11-7-12(2)20(19-11)10-16(22)18-17-15(21)9-13-5-4-6-14(8-13)23-3/h4-8H,9-10H2,1-3H3,(H,17,21)(H,18,22). The number of nitrogens with one attached hydrogen (secondary N) is 2. The maximum Gasteiger partial charge on any atom is 0.260 e. The summed E-state index contributed by atoms with van der Waals surface area (Å²) in [6.45, 7) is 3.78. The maximum atomic E-state index is 11.9. The molecule has 2 amide bonds. The SMILES string of the molecule is COc1cccc(CC(=O)NNC(=O)Cn2nc(C)cc2C)c1. The lowest BCUT2D eigenvalue weighted by Gasteiger charge is -2.09. The Bertz CT molecular complexity index is 709. The van der Waals surface area contributed by atoms with Gasteiger partial charge in [0.2, 0.25) is 5.91 Å². The number of hydrazine groups is 1. The molecule has 0 saturated carbocycles. The quantitative estimate of drug-likeness (QED) is 0.803. The van der Waals surface area contributed by atoms with E-state index in [1.165, 1.54) is 0 Å². The van der Waals surface area contributed by atoms with Crippen LogP contribution in [0.5, 0.6) is 5.75 Å². The van der Waals surface area contributed by atoms with E-state index in [0.29, 0.717) is 5.75 Å². The average molecular weight is 316 g/mol. The normalized spacial score (nSPS) is 10.2. The fourth-order valence-electron chi connectivity index (χ4n) is 2.16. The van der Waals surface area contributed by atoms with Gasteiger partial charge in [0.05, 0.1) is 19.2 Å². The first-order valence-corrected chi connectivity index (χ1v) is 7.19. The van der Waals surface area contributed by atoms with Crippen molar-refractivity contribution < 1.29 is 14.3 Å². The van der Waals surface area contributed by atoms with E-state index in [1.54, 1.807) is 23.9 Å². The van der Waals surface area contributed by atoms with Crippen LogP contribution in [0.4, 0.5) is 0 Å². The van der Waals surface area contributed by atoms with E-state index in [-0.39, 0.29) is 24.8 Å². The van der Waals surface area contributed by atoms with Crippen molar-refractivity contribution in [1.29, 1.82) is 0 Å². The predicted molar refractivity (Wildman–Crippen MR) is 84.7 cm³/mol. The highest BCUT2D eigenvalue weighted by molar-refractivity contribution is 5.83. The van der Waals surface area contributed by atoms with Crippen LogP contribution in [0.2, 0.25) is 0 Å². The van der Waals surface area contributed by atoms with Crippen LogP contribution in [0.25, 0.3) is 0 Å². The molecular weight excluding hydrogens is 296 g/mol. The number of hydrogen-bond acceptors (Lipinski definition) is 4. The molecule has 122 valence electrons. The van der Waals surface area contributed by atoms with Crippen molar-refractivity contribution in [2.45, 2.75) is 26.8 Å². The number of carbonyl (C=O) groups excluding carboxylic acids is 2. The minimum Gasteiger partial charge on any atom is -0.497 e. The van der Waals surface area contributed by atoms with E-state index in [4.69, 9.17) is 4.74 Å². The van der Waals surface area contributed by atoms with Crippen molar-refractivity contribution in [3.05, 3.63) is 47.3 Å². The second-order valence-electron chi connectivity index (χ2n) is 5.21. The molecule has 7 nitrogen and oxygen atoms in total. The molecule has 7 heteroatoms. The van der Waals surface area contributed by atoms with Crippen molar-refractivity contribution in [3.8, 4) is 5.75 Å². The fraction of sp³-hybridized carbons (Fsp3) is 0.312. The Balaban J connectivity index is 1.81. The molecule has 0 bridgehead atoms. The lowest BCUT2D eigenvalue weighted by Crippen LogP contribution is -2.44. The molecule has 0 aliphatic rings. The predicted octanol–water partition coefficient (Wildman–Crippen LogP) is 0.899. The third-order valence-corrected chi connectivity index (χ3v) is 3.24. The molecule has 2 aromatic rings. The first-order valence-electron chi connectivity index (χ1n) is 7.19. The van der Waals surface area contributed by atoms with E-state index in [0.717, 1.165) is 17.0 Å². The smallest absolute Gasteiger partial charge is 0.260 e. The Morgan fingerprint density at radius 3 is 2.57 bits per heavy atom. The van der Waals surface area contributed by atoms with Gasteiger partial charge < -0.3 is 4.74 Å². The van der Waals surface area contributed by atoms with Crippen LogP contribution in [0.3, 0.4) is 0 Å². The van der Waals surface area contributed by atoms with Crippen LogP contribution in [-0.2, 0) is 22.6 Å². The van der Waals surface area contributed by atoms with Crippen molar-refractivity contribution in [3.63, 3.8) is 0 Å². The number of aryl methyl sites for hydroxylation is 2. The van der Waals surface area contributed by atoms with E-state index in [2.05, 4.69) is 16.0 Å². The van der Waals surface area contributed by atoms with Crippen LogP contribution in [0, 0.1) is 13.8 Å². The van der Waals surface area contributed by atoms with Gasteiger partial charge in [0.15, 0.2) is 0 Å². The monoisotopic (exact) mass is 316 g/mol. The van der Waals surface area contributed by atoms with Gasteiger partial charge in [-0.1, -0.05) is 12.1 Å². The van der Waals surface area contributed by atoms with Gasteiger partial charge in [-0.25, -0.2) is 0 Å². The summed E-state index contributed by atoms with van der Waals surface area (Å²) in [6.07, 6.45) is 0.150. The third-order valence-electron chi connectivity index (χ3n) is 3.24. The summed E-state index contributed by atoms with van der Waals surface area (Å²) in [5.74, 6) is 0.0408. The summed E-state index contributed by atoms with van der Waals surface area (Å²) < 4.78 is 6.69. The Labute approximate surface area is 134 Å². The molecule has 1 aromatic carbocycles. The molecule has 0 radical (unpaired) electrons. The highest BCUT2D eigenvalue weighted by atomic mass is 16.5. The molecule has 0 aliphatic heterocycles. The summed E-state index contributed by atoms with van der Waals surface area (Å²) in [6, 6.07) is 9.09. The molecule has 0 spiro atoms. The average Bonchev–Trinajstić information content (AvgIpc) is 2.83. The van der Waals surface area contributed by atoms with Gasteiger partial charge in [-0.3, -0.25) is 25.1 Å². The Kier molecular flexibility index (Phi) is 5.35. The molecule has 0 unspecified atom stereocenters. The van der Waals surface area contributed by atoms with Crippen LogP contribution < -0.4 is 15.6 Å². The van der Waals surface area contributed by atoms with Gasteiger partial charge in [0.25, 0.3) is 5.91 Å². The number of carbonyl (C=O) groups is 2. The highest BCUT2D eigenvalue weighted by Crippen LogP contribution is 2.12. The van der Waals surface area contributed by atoms with Gasteiger partial charge in [0.1, 0.15) is 12.3 Å². The number of aromatic nitrogens is 2. The summed E-state index contributed by atoms with van der Waals surface area (Å²) in [4.78, 5) is 23.7. The van der Waals surface area contributed by atoms with Gasteiger partial charge >= 0.3 is 0 Å². The zero-order valence-electron chi connectivity index (χ0n) is 13.4. The Hall–Kier alpha value is -2.83. The largest absolute Gasteiger partial charge is 0.497 e. The molecule has 0 aliphatic carbocycles. The molecule has 23 heavy (non-hydrogen) atoms. The first kappa shape index (κ1) is 16.5. The molecular formula is C16H20N4O3. The number of ether oxygens (including phenoxy) is 1. The number of rotatable bonds is 5. The number of benzene rings is 1. The first-order chi connectivity index (χ1) is 11.0. The lowest BCUT2D eigenvalue weighted by molar-refractivity contribution is -0.129. The number of hydrogen-bond donors (Lipinski definition) is 2. The van der Waals surface area contributed by atoms with Crippen molar-refractivity contribution in [2.24, 2.45) is 0 Å². The van der Waals surface area contributed by atoms with Gasteiger partial charge in [-0.05, 0) is 37.6 Å². The van der Waals surface area contributed by atoms with E-state index in [9.17, 15) is 9.59 Å². The highest BCUT2D eigenvalue weighted by Gasteiger charge is 2.09. The second-order valence-corrected chi connectivity index (χ2v) is 5.21. The van der Waals surface area contributed by atoms with E-state index < -0.39 is 0 Å². The molecule has 2 N–H and O–H groups in total. The number of methoxy groups -OCH3 is 1. The van der Waals surface area contributed by atoms with Crippen molar-refractivity contribution in [2.75, 3.05) is 7.11 Å². The van der Waals surface area contributed by atoms with Crippen LogP contribution in [-0.4, -0.2) is 28.7 Å². The minimum atomic E-state index is -0.338. The summed E-state index contributed by atoms with van der Waals surface area (Å²) in [7, 11) is 1.57. The van der Waals surface area contributed by atoms with Crippen molar-refractivity contribution >= 4 is 11.8 Å². The Morgan fingerprint density at radius 2 is 1.91 bits per heavy atom. The fourth-order valence-corrected chi connectivity index (χ4v) is 2.16. The zero-order valence-corrected chi connectivity index (χ0v) is 13.4. The van der Waals surface area contributed by atoms with Gasteiger partial charge in [-0.15, -0.1) is 0 Å². The molecule has 1 aromatic heterocycles. The Morgan fingerprint density at radius 1 is 1.17 bits per heavy atom. The molecule has 2 rings (SSSR count). The third kappa shape index (κ3) is 4.84. The molecule has 0 saturated heterocycles. The summed E-state index contributed by atoms with van der Waals surface area (Å²) in [5, 5.41) is 4.19. The van der Waals surface area contributed by atoms with Crippen LogP contribution >= 0.6 is 0 Å². The molecule has 0 atom stereocenters. The van der Waals surface area contributed by atoms with Gasteiger partial charge in [-0.2, -0.15) is 5.10 Å². The molecule has 0 fully saturated rings. The number of amides is 2. The number of nitrogens with zero attached hydrogens (tertiary/aromatic N) is 2. The minimum absolute atomic E-state index is 0.0547. The topological polar surface area (TPSA) is 85.3 Å². The summed E-state index contributed by atoms with van der Waals surface area (Å²) >= 11 is 0. The maximum absolute atomic E-state index is 11.9. The van der Waals surface area contributed by atoms with Crippen LogP contribution in [0.15, 0.2) is 30.3 Å². The second kappa shape index (κ2) is 7.44. The summed E-state index contributed by atoms with van der Waals surface area (Å²) in [5.41, 5.74) is 7.31. The lowest BCUT2D eigenvalue weighted by atomic mass is 10.1. The molecule has 1 heterocycles.